The van der Waals surface area contributed by atoms with Gasteiger partial charge in [-0.1, -0.05) is 18.2 Å². The SMILES string of the molecule is CCn1c(=O)n(CCC(=O)Nc2ccc(OC)c(NC(=O)c3cccc(F)c3)c2)c2ccccc21. The number of methoxy groups -OCH3 is 1. The summed E-state index contributed by atoms with van der Waals surface area (Å²) in [4.78, 5) is 38.0. The van der Waals surface area contributed by atoms with Gasteiger partial charge in [0.25, 0.3) is 5.91 Å². The maximum absolute atomic E-state index is 13.5. The van der Waals surface area contributed by atoms with Crippen LogP contribution in [-0.2, 0) is 17.9 Å². The molecule has 0 saturated carbocycles. The van der Waals surface area contributed by atoms with Crippen LogP contribution in [0.2, 0.25) is 0 Å². The largest absolute Gasteiger partial charge is 0.495 e. The molecular weight excluding hydrogens is 451 g/mol. The first-order valence-electron chi connectivity index (χ1n) is 11.1. The van der Waals surface area contributed by atoms with Gasteiger partial charge in [-0.25, -0.2) is 9.18 Å². The molecule has 0 saturated heterocycles. The minimum atomic E-state index is -0.521. The average Bonchev–Trinajstić information content (AvgIpc) is 3.13. The highest BCUT2D eigenvalue weighted by Crippen LogP contribution is 2.28. The quantitative estimate of drug-likeness (QED) is 0.398. The smallest absolute Gasteiger partial charge is 0.329 e. The Bertz CT molecular complexity index is 1460. The topological polar surface area (TPSA) is 94.4 Å². The van der Waals surface area contributed by atoms with Crippen LogP contribution in [0.5, 0.6) is 5.75 Å². The molecule has 8 nitrogen and oxygen atoms in total. The van der Waals surface area contributed by atoms with Crippen molar-refractivity contribution < 1.29 is 18.7 Å². The number of benzene rings is 3. The molecule has 180 valence electrons. The Balaban J connectivity index is 1.47. The second-order valence-electron chi connectivity index (χ2n) is 7.84. The molecule has 0 atom stereocenters. The molecule has 2 N–H and O–H groups in total. The molecule has 0 spiro atoms. The number of nitrogens with one attached hydrogen (secondary N) is 2. The summed E-state index contributed by atoms with van der Waals surface area (Å²) in [6, 6.07) is 17.6. The van der Waals surface area contributed by atoms with E-state index in [2.05, 4.69) is 10.6 Å². The van der Waals surface area contributed by atoms with Crippen LogP contribution in [0, 0.1) is 5.82 Å². The first-order valence-corrected chi connectivity index (χ1v) is 11.1. The number of ether oxygens (including phenoxy) is 1. The second-order valence-corrected chi connectivity index (χ2v) is 7.84. The Hall–Kier alpha value is -4.40. The number of fused-ring (bicyclic) bond motifs is 1. The molecule has 1 aromatic heterocycles. The highest BCUT2D eigenvalue weighted by atomic mass is 19.1. The number of aromatic nitrogens is 2. The lowest BCUT2D eigenvalue weighted by atomic mass is 10.2. The van der Waals surface area contributed by atoms with Gasteiger partial charge in [-0.15, -0.1) is 0 Å². The van der Waals surface area contributed by atoms with E-state index in [1.165, 1.54) is 25.3 Å². The van der Waals surface area contributed by atoms with Crippen LogP contribution in [-0.4, -0.2) is 28.1 Å². The van der Waals surface area contributed by atoms with E-state index >= 15 is 0 Å². The third-order valence-electron chi connectivity index (χ3n) is 5.62. The molecule has 0 aliphatic carbocycles. The number of carbonyl (C=O) groups is 2. The summed E-state index contributed by atoms with van der Waals surface area (Å²) in [5.74, 6) is -0.950. The maximum atomic E-state index is 13.5. The number of hydrogen-bond donors (Lipinski definition) is 2. The molecule has 0 bridgehead atoms. The molecular formula is C26H25FN4O4. The van der Waals surface area contributed by atoms with E-state index in [1.54, 1.807) is 27.3 Å². The van der Waals surface area contributed by atoms with E-state index in [0.717, 1.165) is 17.1 Å². The first-order chi connectivity index (χ1) is 16.9. The summed E-state index contributed by atoms with van der Waals surface area (Å²) in [6.45, 7) is 2.66. The van der Waals surface area contributed by atoms with E-state index in [4.69, 9.17) is 4.74 Å². The van der Waals surface area contributed by atoms with Crippen LogP contribution in [0.3, 0.4) is 0 Å². The zero-order valence-electron chi connectivity index (χ0n) is 19.4. The number of nitrogens with zero attached hydrogens (tertiary/aromatic N) is 2. The van der Waals surface area contributed by atoms with E-state index < -0.39 is 11.7 Å². The number of hydrogen-bond acceptors (Lipinski definition) is 4. The van der Waals surface area contributed by atoms with Crippen molar-refractivity contribution in [2.24, 2.45) is 0 Å². The summed E-state index contributed by atoms with van der Waals surface area (Å²) in [6.07, 6.45) is 0.0780. The molecule has 0 aliphatic heterocycles. The van der Waals surface area contributed by atoms with E-state index in [-0.39, 0.29) is 30.1 Å². The summed E-state index contributed by atoms with van der Waals surface area (Å²) >= 11 is 0. The standard InChI is InChI=1S/C26H25FN4O4/c1-3-30-21-9-4-5-10-22(21)31(26(30)34)14-13-24(32)28-19-11-12-23(35-2)20(16-19)29-25(33)17-7-6-8-18(27)15-17/h4-12,15-16H,3,13-14H2,1-2H3,(H,28,32)(H,29,33). The van der Waals surface area contributed by atoms with Gasteiger partial charge >= 0.3 is 5.69 Å². The number of para-hydroxylation sites is 2. The van der Waals surface area contributed by atoms with Gasteiger partial charge in [0.2, 0.25) is 5.91 Å². The molecule has 4 aromatic rings. The number of amides is 2. The fraction of sp³-hybridized carbons (Fsp3) is 0.192. The molecule has 35 heavy (non-hydrogen) atoms. The van der Waals surface area contributed by atoms with Crippen LogP contribution in [0.4, 0.5) is 15.8 Å². The Labute approximate surface area is 200 Å². The fourth-order valence-corrected chi connectivity index (χ4v) is 3.94. The maximum Gasteiger partial charge on any atom is 0.329 e. The number of imidazole rings is 1. The van der Waals surface area contributed by atoms with Crippen molar-refractivity contribution in [2.75, 3.05) is 17.7 Å². The third-order valence-corrected chi connectivity index (χ3v) is 5.62. The van der Waals surface area contributed by atoms with Gasteiger partial charge in [0.05, 0.1) is 23.8 Å². The van der Waals surface area contributed by atoms with Crippen molar-refractivity contribution in [2.45, 2.75) is 26.4 Å². The van der Waals surface area contributed by atoms with E-state index in [9.17, 15) is 18.8 Å². The lowest BCUT2D eigenvalue weighted by Crippen LogP contribution is -2.25. The van der Waals surface area contributed by atoms with Gasteiger partial charge in [-0.2, -0.15) is 0 Å². The Kier molecular flexibility index (Phi) is 6.96. The fourth-order valence-electron chi connectivity index (χ4n) is 3.94. The second kappa shape index (κ2) is 10.3. The molecule has 3 aromatic carbocycles. The molecule has 4 rings (SSSR count). The van der Waals surface area contributed by atoms with E-state index in [1.807, 2.05) is 31.2 Å². The highest BCUT2D eigenvalue weighted by molar-refractivity contribution is 6.05. The molecule has 0 unspecified atom stereocenters. The van der Waals surface area contributed by atoms with Crippen LogP contribution in [0.15, 0.2) is 71.5 Å². The van der Waals surface area contributed by atoms with Gasteiger partial charge in [-0.05, 0) is 55.5 Å². The monoisotopic (exact) mass is 476 g/mol. The minimum Gasteiger partial charge on any atom is -0.495 e. The molecule has 1 heterocycles. The van der Waals surface area contributed by atoms with Gasteiger partial charge in [0, 0.05) is 30.8 Å². The Morgan fingerprint density at radius 3 is 2.37 bits per heavy atom. The molecule has 0 fully saturated rings. The van der Waals surface area contributed by atoms with Crippen molar-refractivity contribution in [3.8, 4) is 5.75 Å². The first kappa shape index (κ1) is 23.7. The van der Waals surface area contributed by atoms with Gasteiger partial charge < -0.3 is 15.4 Å². The molecule has 0 aliphatic rings. The Morgan fingerprint density at radius 1 is 0.943 bits per heavy atom. The average molecular weight is 477 g/mol. The number of anilines is 2. The zero-order chi connectivity index (χ0) is 24.9. The number of rotatable bonds is 8. The predicted molar refractivity (Wildman–Crippen MR) is 132 cm³/mol. The number of halogens is 1. The van der Waals surface area contributed by atoms with Crippen LogP contribution >= 0.6 is 0 Å². The minimum absolute atomic E-state index is 0.0780. The van der Waals surface area contributed by atoms with Crippen molar-refractivity contribution >= 4 is 34.2 Å². The van der Waals surface area contributed by atoms with Crippen molar-refractivity contribution in [1.29, 1.82) is 0 Å². The normalized spacial score (nSPS) is 10.8. The van der Waals surface area contributed by atoms with Gasteiger partial charge in [0.15, 0.2) is 0 Å². The molecule has 0 radical (unpaired) electrons. The lowest BCUT2D eigenvalue weighted by Gasteiger charge is -2.13. The molecule has 9 heteroatoms. The van der Waals surface area contributed by atoms with Gasteiger partial charge in [0.1, 0.15) is 11.6 Å². The van der Waals surface area contributed by atoms with E-state index in [0.29, 0.717) is 23.7 Å². The van der Waals surface area contributed by atoms with Crippen LogP contribution in [0.1, 0.15) is 23.7 Å². The van der Waals surface area contributed by atoms with Crippen LogP contribution in [0.25, 0.3) is 11.0 Å². The van der Waals surface area contributed by atoms with Gasteiger partial charge in [-0.3, -0.25) is 18.7 Å². The number of carbonyl (C=O) groups excluding carboxylic acids is 2. The summed E-state index contributed by atoms with van der Waals surface area (Å²) in [5, 5.41) is 5.47. The number of aryl methyl sites for hydroxylation is 2. The predicted octanol–water partition coefficient (Wildman–Crippen LogP) is 4.25. The third kappa shape index (κ3) is 5.08. The van der Waals surface area contributed by atoms with Crippen molar-refractivity contribution in [3.05, 3.63) is 88.6 Å². The summed E-state index contributed by atoms with van der Waals surface area (Å²) < 4.78 is 22.0. The lowest BCUT2D eigenvalue weighted by molar-refractivity contribution is -0.116. The van der Waals surface area contributed by atoms with Crippen LogP contribution < -0.4 is 21.1 Å². The molecule has 2 amide bonds. The Morgan fingerprint density at radius 2 is 1.69 bits per heavy atom. The summed E-state index contributed by atoms with van der Waals surface area (Å²) in [7, 11) is 1.45. The zero-order valence-corrected chi connectivity index (χ0v) is 19.4. The van der Waals surface area contributed by atoms with Crippen molar-refractivity contribution in [3.63, 3.8) is 0 Å². The highest BCUT2D eigenvalue weighted by Gasteiger charge is 2.15. The summed E-state index contributed by atoms with van der Waals surface area (Å²) in [5.41, 5.74) is 2.36. The van der Waals surface area contributed by atoms with Crippen molar-refractivity contribution in [1.82, 2.24) is 9.13 Å².